The van der Waals surface area contributed by atoms with E-state index in [4.69, 9.17) is 4.74 Å². The molecule has 5 atom stereocenters. The van der Waals surface area contributed by atoms with Gasteiger partial charge in [-0.2, -0.15) is 5.26 Å². The molecular weight excluding hydrogens is 264 g/mol. The van der Waals surface area contributed by atoms with Crippen LogP contribution in [-0.2, 0) is 4.74 Å². The number of ether oxygens (including phenoxy) is 1. The van der Waals surface area contributed by atoms with Crippen LogP contribution in [0.2, 0.25) is 0 Å². The lowest BCUT2D eigenvalue weighted by Crippen LogP contribution is -2.68. The Hall–Kier alpha value is -1.28. The summed E-state index contributed by atoms with van der Waals surface area (Å²) in [5, 5.41) is 16.2. The first-order valence-electron chi connectivity index (χ1n) is 8.09. The van der Waals surface area contributed by atoms with Gasteiger partial charge in [0, 0.05) is 37.1 Å². The maximum atomic E-state index is 9.20. The molecule has 0 radical (unpaired) electrons. The van der Waals surface area contributed by atoms with E-state index in [1.165, 1.54) is 0 Å². The molecule has 0 amide bonds. The Morgan fingerprint density at radius 2 is 2.10 bits per heavy atom. The molecule has 116 valence electrons. The molecule has 0 spiro atoms. The van der Waals surface area contributed by atoms with Gasteiger partial charge in [-0.3, -0.25) is 4.99 Å². The second-order valence-electron chi connectivity index (χ2n) is 7.18. The zero-order chi connectivity index (χ0) is 15.0. The van der Waals surface area contributed by atoms with Crippen LogP contribution in [0.5, 0.6) is 0 Å². The summed E-state index contributed by atoms with van der Waals surface area (Å²) in [4.78, 5) is 4.37. The highest BCUT2D eigenvalue weighted by Crippen LogP contribution is 2.52. The van der Waals surface area contributed by atoms with Crippen molar-refractivity contribution in [2.45, 2.75) is 57.7 Å². The van der Waals surface area contributed by atoms with E-state index in [9.17, 15) is 5.26 Å². The number of rotatable bonds is 2. The van der Waals surface area contributed by atoms with Crippen molar-refractivity contribution in [3.05, 3.63) is 0 Å². The van der Waals surface area contributed by atoms with Gasteiger partial charge in [0.25, 0.3) is 0 Å². The number of aliphatic imine (C=N–C) groups is 1. The lowest BCUT2D eigenvalue weighted by Gasteiger charge is -2.55. The maximum Gasteiger partial charge on any atom is 0.191 e. The molecule has 0 aromatic rings. The molecule has 0 bridgehead atoms. The van der Waals surface area contributed by atoms with Crippen molar-refractivity contribution in [1.29, 1.82) is 5.26 Å². The summed E-state index contributed by atoms with van der Waals surface area (Å²) >= 11 is 0. The molecule has 3 rings (SSSR count). The smallest absolute Gasteiger partial charge is 0.191 e. The summed E-state index contributed by atoms with van der Waals surface area (Å²) < 4.78 is 5.84. The number of hydrogen-bond acceptors (Lipinski definition) is 3. The topological polar surface area (TPSA) is 69.4 Å². The Balaban J connectivity index is 1.62. The Kier molecular flexibility index (Phi) is 3.83. The van der Waals surface area contributed by atoms with E-state index in [0.29, 0.717) is 18.1 Å². The fourth-order valence-electron chi connectivity index (χ4n) is 4.40. The number of nitriles is 1. The molecule has 3 aliphatic rings. The Bertz CT molecular complexity index is 467. The maximum absolute atomic E-state index is 9.20. The van der Waals surface area contributed by atoms with E-state index in [-0.39, 0.29) is 17.4 Å². The number of nitrogens with one attached hydrogen (secondary N) is 2. The first-order valence-corrected chi connectivity index (χ1v) is 8.09. The van der Waals surface area contributed by atoms with Crippen molar-refractivity contribution in [3.8, 4) is 6.07 Å². The minimum Gasteiger partial charge on any atom is -0.377 e. The van der Waals surface area contributed by atoms with Gasteiger partial charge in [0.15, 0.2) is 5.96 Å². The molecule has 21 heavy (non-hydrogen) atoms. The monoisotopic (exact) mass is 290 g/mol. The average Bonchev–Trinajstić information content (AvgIpc) is 3.10. The van der Waals surface area contributed by atoms with E-state index in [2.05, 4.69) is 35.5 Å². The largest absolute Gasteiger partial charge is 0.377 e. The molecule has 2 N–H and O–H groups in total. The van der Waals surface area contributed by atoms with Gasteiger partial charge in [-0.25, -0.2) is 0 Å². The van der Waals surface area contributed by atoms with Crippen LogP contribution in [0.25, 0.3) is 0 Å². The second-order valence-corrected chi connectivity index (χ2v) is 7.18. The summed E-state index contributed by atoms with van der Waals surface area (Å²) in [7, 11) is 1.81. The van der Waals surface area contributed by atoms with Crippen LogP contribution in [0.3, 0.4) is 0 Å². The Labute approximate surface area is 127 Å². The van der Waals surface area contributed by atoms with Gasteiger partial charge in [0.05, 0.1) is 18.1 Å². The minimum atomic E-state index is 0.112. The third-order valence-corrected chi connectivity index (χ3v) is 5.62. The molecule has 1 heterocycles. The quantitative estimate of drug-likeness (QED) is 0.599. The zero-order valence-electron chi connectivity index (χ0n) is 13.2. The number of fused-ring (bicyclic) bond motifs is 1. The van der Waals surface area contributed by atoms with Crippen LogP contribution in [0.15, 0.2) is 4.99 Å². The van der Waals surface area contributed by atoms with Crippen molar-refractivity contribution >= 4 is 5.96 Å². The van der Waals surface area contributed by atoms with Crippen molar-refractivity contribution in [2.75, 3.05) is 13.7 Å². The summed E-state index contributed by atoms with van der Waals surface area (Å²) in [5.74, 6) is 1.54. The molecule has 1 aliphatic heterocycles. The number of hydrogen-bond donors (Lipinski definition) is 2. The van der Waals surface area contributed by atoms with Gasteiger partial charge >= 0.3 is 0 Å². The third kappa shape index (κ3) is 2.40. The van der Waals surface area contributed by atoms with Crippen LogP contribution in [0.1, 0.15) is 39.5 Å². The predicted molar refractivity (Wildman–Crippen MR) is 81.8 cm³/mol. The SMILES string of the molecule is CN=C(NC1CCCC1C#N)NC1C2CCOC2C1(C)C. The van der Waals surface area contributed by atoms with Crippen molar-refractivity contribution < 1.29 is 4.74 Å². The first-order chi connectivity index (χ1) is 10.1. The van der Waals surface area contributed by atoms with Gasteiger partial charge < -0.3 is 15.4 Å². The van der Waals surface area contributed by atoms with E-state index < -0.39 is 0 Å². The highest BCUT2D eigenvalue weighted by molar-refractivity contribution is 5.80. The minimum absolute atomic E-state index is 0.112. The van der Waals surface area contributed by atoms with E-state index in [1.54, 1.807) is 7.05 Å². The van der Waals surface area contributed by atoms with Crippen LogP contribution < -0.4 is 10.6 Å². The standard InChI is InChI=1S/C16H26N4O/c1-16(2)13(11-7-8-21-14(11)16)20-15(18-3)19-12-6-4-5-10(12)9-17/h10-14H,4-8H2,1-3H3,(H2,18,19,20). The fraction of sp³-hybridized carbons (Fsp3) is 0.875. The lowest BCUT2D eigenvalue weighted by atomic mass is 9.57. The summed E-state index contributed by atoms with van der Waals surface area (Å²) in [6.07, 6.45) is 4.69. The Morgan fingerprint density at radius 1 is 1.29 bits per heavy atom. The van der Waals surface area contributed by atoms with E-state index >= 15 is 0 Å². The number of nitrogens with zero attached hydrogens (tertiary/aromatic N) is 2. The summed E-state index contributed by atoms with van der Waals surface area (Å²) in [5.41, 5.74) is 0.142. The van der Waals surface area contributed by atoms with Crippen LogP contribution in [-0.4, -0.2) is 37.8 Å². The van der Waals surface area contributed by atoms with Gasteiger partial charge in [0.1, 0.15) is 0 Å². The zero-order valence-corrected chi connectivity index (χ0v) is 13.2. The van der Waals surface area contributed by atoms with Gasteiger partial charge in [-0.15, -0.1) is 0 Å². The predicted octanol–water partition coefficient (Wildman–Crippen LogP) is 1.66. The average molecular weight is 290 g/mol. The first kappa shape index (κ1) is 14.6. The fourth-order valence-corrected chi connectivity index (χ4v) is 4.40. The van der Waals surface area contributed by atoms with Crippen molar-refractivity contribution in [1.82, 2.24) is 10.6 Å². The summed E-state index contributed by atoms with van der Waals surface area (Å²) in [6.45, 7) is 5.40. The van der Waals surface area contributed by atoms with Crippen molar-refractivity contribution in [3.63, 3.8) is 0 Å². The van der Waals surface area contributed by atoms with Crippen LogP contribution >= 0.6 is 0 Å². The van der Waals surface area contributed by atoms with Crippen LogP contribution in [0.4, 0.5) is 0 Å². The molecule has 0 aromatic heterocycles. The molecule has 2 saturated carbocycles. The molecular formula is C16H26N4O. The van der Waals surface area contributed by atoms with E-state index in [1.807, 2.05) is 0 Å². The normalized spacial score (nSPS) is 41.0. The van der Waals surface area contributed by atoms with Gasteiger partial charge in [0.2, 0.25) is 0 Å². The number of guanidine groups is 1. The van der Waals surface area contributed by atoms with Crippen LogP contribution in [0, 0.1) is 28.6 Å². The molecule has 2 aliphatic carbocycles. The second kappa shape index (κ2) is 5.49. The third-order valence-electron chi connectivity index (χ3n) is 5.62. The molecule has 5 unspecified atom stereocenters. The molecule has 1 saturated heterocycles. The highest BCUT2D eigenvalue weighted by Gasteiger charge is 2.59. The molecule has 3 fully saturated rings. The molecule has 5 nitrogen and oxygen atoms in total. The highest BCUT2D eigenvalue weighted by atomic mass is 16.5. The lowest BCUT2D eigenvalue weighted by molar-refractivity contribution is -0.106. The van der Waals surface area contributed by atoms with Gasteiger partial charge in [-0.05, 0) is 25.7 Å². The van der Waals surface area contributed by atoms with Crippen molar-refractivity contribution in [2.24, 2.45) is 22.2 Å². The molecule has 5 heteroatoms. The van der Waals surface area contributed by atoms with E-state index in [0.717, 1.165) is 38.2 Å². The Morgan fingerprint density at radius 3 is 2.81 bits per heavy atom. The molecule has 0 aromatic carbocycles. The summed E-state index contributed by atoms with van der Waals surface area (Å²) in [6, 6.07) is 3.05. The van der Waals surface area contributed by atoms with Gasteiger partial charge in [-0.1, -0.05) is 13.8 Å².